The summed E-state index contributed by atoms with van der Waals surface area (Å²) in [5, 5.41) is 6.60. The molecule has 2 N–H and O–H groups in total. The summed E-state index contributed by atoms with van der Waals surface area (Å²) in [6.07, 6.45) is 3.60. The average Bonchev–Trinajstić information content (AvgIpc) is 3.25. The van der Waals surface area contributed by atoms with Gasteiger partial charge >= 0.3 is 0 Å². The fourth-order valence-corrected chi connectivity index (χ4v) is 3.18. The maximum atomic E-state index is 13.0. The van der Waals surface area contributed by atoms with Crippen LogP contribution in [0, 0.1) is 17.2 Å². The molecule has 1 aliphatic heterocycles. The van der Waals surface area contributed by atoms with E-state index in [1.54, 1.807) is 12.1 Å². The standard InChI is InChI=1S/C17H23FN2O/c1-12-11-19-9-6-15(12)20-16(21)17(7-8-17)10-13-2-4-14(18)5-3-13/h2-5,12,15,19H,6-11H2,1H3,(H,20,21)/t12-,15-/m0/s1. The summed E-state index contributed by atoms with van der Waals surface area (Å²) in [6.45, 7) is 4.12. The van der Waals surface area contributed by atoms with E-state index in [1.807, 2.05) is 0 Å². The molecule has 3 rings (SSSR count). The molecule has 0 bridgehead atoms. The second-order valence-electron chi connectivity index (χ2n) is 6.63. The molecular formula is C17H23FN2O. The first-order valence-corrected chi connectivity index (χ1v) is 7.85. The largest absolute Gasteiger partial charge is 0.353 e. The zero-order valence-corrected chi connectivity index (χ0v) is 12.5. The van der Waals surface area contributed by atoms with Crippen molar-refractivity contribution in [3.63, 3.8) is 0 Å². The van der Waals surface area contributed by atoms with Crippen molar-refractivity contribution in [3.8, 4) is 0 Å². The summed E-state index contributed by atoms with van der Waals surface area (Å²) in [4.78, 5) is 12.6. The Hall–Kier alpha value is -1.42. The molecule has 0 aromatic heterocycles. The number of amides is 1. The van der Waals surface area contributed by atoms with E-state index in [9.17, 15) is 9.18 Å². The van der Waals surface area contributed by atoms with Crippen LogP contribution in [0.2, 0.25) is 0 Å². The van der Waals surface area contributed by atoms with Crippen LogP contribution in [-0.2, 0) is 11.2 Å². The summed E-state index contributed by atoms with van der Waals surface area (Å²) >= 11 is 0. The lowest BCUT2D eigenvalue weighted by Crippen LogP contribution is -2.50. The molecule has 0 spiro atoms. The lowest BCUT2D eigenvalue weighted by molar-refractivity contribution is -0.127. The van der Waals surface area contributed by atoms with E-state index in [0.29, 0.717) is 5.92 Å². The summed E-state index contributed by atoms with van der Waals surface area (Å²) in [5.41, 5.74) is 0.796. The molecule has 1 aliphatic carbocycles. The predicted octanol–water partition coefficient (Wildman–Crippen LogP) is 2.26. The van der Waals surface area contributed by atoms with Crippen LogP contribution >= 0.6 is 0 Å². The Morgan fingerprint density at radius 2 is 2.10 bits per heavy atom. The first kappa shape index (κ1) is 14.5. The lowest BCUT2D eigenvalue weighted by atomic mass is 9.91. The van der Waals surface area contributed by atoms with Gasteiger partial charge in [-0.3, -0.25) is 4.79 Å². The third-order valence-electron chi connectivity index (χ3n) is 4.89. The molecule has 3 nitrogen and oxygen atoms in total. The van der Waals surface area contributed by atoms with Crippen molar-refractivity contribution >= 4 is 5.91 Å². The van der Waals surface area contributed by atoms with Crippen molar-refractivity contribution in [2.24, 2.45) is 11.3 Å². The topological polar surface area (TPSA) is 41.1 Å². The lowest BCUT2D eigenvalue weighted by Gasteiger charge is -2.31. The second kappa shape index (κ2) is 5.76. The molecule has 2 atom stereocenters. The van der Waals surface area contributed by atoms with Crippen LogP contribution in [0.1, 0.15) is 31.7 Å². The summed E-state index contributed by atoms with van der Waals surface area (Å²) in [7, 11) is 0. The highest BCUT2D eigenvalue weighted by molar-refractivity contribution is 5.85. The number of hydrogen-bond acceptors (Lipinski definition) is 2. The minimum absolute atomic E-state index is 0.186. The highest BCUT2D eigenvalue weighted by Gasteiger charge is 2.50. The molecule has 1 saturated heterocycles. The zero-order valence-electron chi connectivity index (χ0n) is 12.5. The van der Waals surface area contributed by atoms with Crippen molar-refractivity contribution in [2.75, 3.05) is 13.1 Å². The molecule has 21 heavy (non-hydrogen) atoms. The minimum Gasteiger partial charge on any atom is -0.353 e. The Bertz CT molecular complexity index is 510. The molecule has 2 fully saturated rings. The van der Waals surface area contributed by atoms with Crippen LogP contribution in [0.15, 0.2) is 24.3 Å². The summed E-state index contributed by atoms with van der Waals surface area (Å²) in [6, 6.07) is 6.80. The zero-order chi connectivity index (χ0) is 14.9. The summed E-state index contributed by atoms with van der Waals surface area (Å²) in [5.74, 6) is 0.437. The van der Waals surface area contributed by atoms with Gasteiger partial charge in [0, 0.05) is 6.04 Å². The quantitative estimate of drug-likeness (QED) is 0.893. The van der Waals surface area contributed by atoms with Gasteiger partial charge in [0.15, 0.2) is 0 Å². The van der Waals surface area contributed by atoms with Crippen molar-refractivity contribution in [2.45, 2.75) is 38.6 Å². The highest BCUT2D eigenvalue weighted by atomic mass is 19.1. The third kappa shape index (κ3) is 3.26. The van der Waals surface area contributed by atoms with Gasteiger partial charge in [0.2, 0.25) is 5.91 Å². The van der Waals surface area contributed by atoms with Crippen LogP contribution < -0.4 is 10.6 Å². The number of carbonyl (C=O) groups excluding carboxylic acids is 1. The molecule has 1 aromatic carbocycles. The smallest absolute Gasteiger partial charge is 0.226 e. The van der Waals surface area contributed by atoms with E-state index in [2.05, 4.69) is 17.6 Å². The fraction of sp³-hybridized carbons (Fsp3) is 0.588. The van der Waals surface area contributed by atoms with Gasteiger partial charge in [0.05, 0.1) is 5.41 Å². The molecule has 0 unspecified atom stereocenters. The molecule has 1 saturated carbocycles. The number of hydrogen-bond donors (Lipinski definition) is 2. The predicted molar refractivity (Wildman–Crippen MR) is 80.4 cm³/mol. The van der Waals surface area contributed by atoms with Gasteiger partial charge in [-0.15, -0.1) is 0 Å². The molecule has 1 heterocycles. The third-order valence-corrected chi connectivity index (χ3v) is 4.89. The van der Waals surface area contributed by atoms with E-state index in [0.717, 1.165) is 44.3 Å². The van der Waals surface area contributed by atoms with Crippen LogP contribution in [0.25, 0.3) is 0 Å². The Morgan fingerprint density at radius 1 is 1.38 bits per heavy atom. The van der Waals surface area contributed by atoms with E-state index < -0.39 is 0 Å². The van der Waals surface area contributed by atoms with E-state index in [-0.39, 0.29) is 23.2 Å². The van der Waals surface area contributed by atoms with E-state index in [4.69, 9.17) is 0 Å². The first-order chi connectivity index (χ1) is 10.1. The number of halogens is 1. The second-order valence-corrected chi connectivity index (χ2v) is 6.63. The number of benzene rings is 1. The maximum Gasteiger partial charge on any atom is 0.226 e. The molecule has 1 aromatic rings. The molecule has 2 aliphatic rings. The van der Waals surface area contributed by atoms with Crippen molar-refractivity contribution in [1.29, 1.82) is 0 Å². The average molecular weight is 290 g/mol. The number of rotatable bonds is 4. The van der Waals surface area contributed by atoms with Crippen molar-refractivity contribution in [1.82, 2.24) is 10.6 Å². The SMILES string of the molecule is C[C@H]1CNCC[C@@H]1NC(=O)C1(Cc2ccc(F)cc2)CC1. The van der Waals surface area contributed by atoms with Crippen LogP contribution in [-0.4, -0.2) is 25.0 Å². The Kier molecular flexibility index (Phi) is 3.98. The molecule has 4 heteroatoms. The Morgan fingerprint density at radius 3 is 2.71 bits per heavy atom. The van der Waals surface area contributed by atoms with Crippen LogP contribution in [0.5, 0.6) is 0 Å². The van der Waals surface area contributed by atoms with Crippen molar-refractivity contribution in [3.05, 3.63) is 35.6 Å². The Balaban J connectivity index is 1.62. The molecule has 0 radical (unpaired) electrons. The minimum atomic E-state index is -0.248. The van der Waals surface area contributed by atoms with Gasteiger partial charge in [0.1, 0.15) is 5.82 Å². The van der Waals surface area contributed by atoms with Gasteiger partial charge in [-0.25, -0.2) is 4.39 Å². The fourth-order valence-electron chi connectivity index (χ4n) is 3.18. The normalized spacial score (nSPS) is 27.1. The maximum absolute atomic E-state index is 13.0. The number of piperidine rings is 1. The Labute approximate surface area is 125 Å². The number of nitrogens with one attached hydrogen (secondary N) is 2. The molecule has 1 amide bonds. The van der Waals surface area contributed by atoms with Gasteiger partial charge < -0.3 is 10.6 Å². The van der Waals surface area contributed by atoms with Gasteiger partial charge in [0.25, 0.3) is 0 Å². The highest BCUT2D eigenvalue weighted by Crippen LogP contribution is 2.48. The van der Waals surface area contributed by atoms with Crippen LogP contribution in [0.3, 0.4) is 0 Å². The van der Waals surface area contributed by atoms with Crippen LogP contribution in [0.4, 0.5) is 4.39 Å². The number of carbonyl (C=O) groups is 1. The summed E-state index contributed by atoms with van der Waals surface area (Å²) < 4.78 is 13.0. The monoisotopic (exact) mass is 290 g/mol. The van der Waals surface area contributed by atoms with Gasteiger partial charge in [-0.1, -0.05) is 19.1 Å². The van der Waals surface area contributed by atoms with Crippen molar-refractivity contribution < 1.29 is 9.18 Å². The van der Waals surface area contributed by atoms with Gasteiger partial charge in [-0.2, -0.15) is 0 Å². The van der Waals surface area contributed by atoms with E-state index >= 15 is 0 Å². The molecular weight excluding hydrogens is 267 g/mol. The van der Waals surface area contributed by atoms with Gasteiger partial charge in [-0.05, 0) is 62.4 Å². The first-order valence-electron chi connectivity index (χ1n) is 7.85. The molecule has 114 valence electrons. The van der Waals surface area contributed by atoms with E-state index in [1.165, 1.54) is 12.1 Å².